The van der Waals surface area contributed by atoms with Crippen LogP contribution in [0.5, 0.6) is 0 Å². The van der Waals surface area contributed by atoms with Gasteiger partial charge in [0.2, 0.25) is 0 Å². The highest BCUT2D eigenvalue weighted by Crippen LogP contribution is 2.18. The molecular formula is C8H16N. The summed E-state index contributed by atoms with van der Waals surface area (Å²) in [6.07, 6.45) is 5.17. The number of rotatable bonds is 2. The highest BCUT2D eigenvalue weighted by atomic mass is 15.1. The van der Waals surface area contributed by atoms with Crippen LogP contribution in [-0.4, -0.2) is 24.5 Å². The van der Waals surface area contributed by atoms with Gasteiger partial charge in [0.1, 0.15) is 0 Å². The minimum atomic E-state index is 0.850. The van der Waals surface area contributed by atoms with Crippen LogP contribution in [0.2, 0.25) is 0 Å². The molecule has 0 spiro atoms. The lowest BCUT2D eigenvalue weighted by Gasteiger charge is -2.17. The second kappa shape index (κ2) is 3.21. The van der Waals surface area contributed by atoms with Crippen molar-refractivity contribution in [2.24, 2.45) is 0 Å². The van der Waals surface area contributed by atoms with Crippen LogP contribution in [0, 0.1) is 6.92 Å². The minimum absolute atomic E-state index is 0.850. The van der Waals surface area contributed by atoms with Crippen LogP contribution in [0.25, 0.3) is 0 Å². The van der Waals surface area contributed by atoms with Crippen LogP contribution in [0.4, 0.5) is 0 Å². The second-order valence-corrected chi connectivity index (χ2v) is 2.92. The third kappa shape index (κ3) is 1.68. The molecule has 0 amide bonds. The highest BCUT2D eigenvalue weighted by Gasteiger charge is 2.18. The van der Waals surface area contributed by atoms with Gasteiger partial charge in [-0.3, -0.25) is 0 Å². The first kappa shape index (κ1) is 7.07. The predicted molar refractivity (Wildman–Crippen MR) is 40.2 cm³/mol. The zero-order valence-electron chi connectivity index (χ0n) is 6.27. The van der Waals surface area contributed by atoms with Crippen molar-refractivity contribution in [3.8, 4) is 0 Å². The van der Waals surface area contributed by atoms with E-state index in [0.717, 1.165) is 12.5 Å². The Balaban J connectivity index is 2.22. The van der Waals surface area contributed by atoms with Crippen LogP contribution in [0.1, 0.15) is 25.7 Å². The zero-order chi connectivity index (χ0) is 6.69. The summed E-state index contributed by atoms with van der Waals surface area (Å²) in [7, 11) is 2.22. The van der Waals surface area contributed by atoms with Crippen molar-refractivity contribution < 1.29 is 0 Å². The van der Waals surface area contributed by atoms with E-state index in [9.17, 15) is 0 Å². The Hall–Kier alpha value is -0.0400. The van der Waals surface area contributed by atoms with E-state index in [2.05, 4.69) is 18.9 Å². The van der Waals surface area contributed by atoms with Gasteiger partial charge in [-0.25, -0.2) is 0 Å². The molecule has 0 aromatic heterocycles. The van der Waals surface area contributed by atoms with Gasteiger partial charge in [0.25, 0.3) is 0 Å². The van der Waals surface area contributed by atoms with Gasteiger partial charge >= 0.3 is 0 Å². The Labute approximate surface area is 58.0 Å². The molecule has 1 nitrogen and oxygen atoms in total. The van der Waals surface area contributed by atoms with Gasteiger partial charge in [0, 0.05) is 6.04 Å². The van der Waals surface area contributed by atoms with E-state index in [1.807, 2.05) is 0 Å². The SMILES string of the molecule is [CH2]CCC1CCCN1C. The van der Waals surface area contributed by atoms with Crippen molar-refractivity contribution in [1.82, 2.24) is 4.90 Å². The molecule has 1 heteroatoms. The third-order valence-corrected chi connectivity index (χ3v) is 2.21. The summed E-state index contributed by atoms with van der Waals surface area (Å²) in [6, 6.07) is 0.850. The lowest BCUT2D eigenvalue weighted by molar-refractivity contribution is 0.297. The number of hydrogen-bond acceptors (Lipinski definition) is 1. The molecule has 0 aliphatic carbocycles. The molecule has 1 fully saturated rings. The van der Waals surface area contributed by atoms with Gasteiger partial charge in [-0.05, 0) is 32.9 Å². The maximum absolute atomic E-state index is 3.86. The van der Waals surface area contributed by atoms with Gasteiger partial charge in [-0.1, -0.05) is 13.3 Å². The fourth-order valence-corrected chi connectivity index (χ4v) is 1.58. The lowest BCUT2D eigenvalue weighted by Crippen LogP contribution is -2.24. The molecule has 0 N–H and O–H groups in total. The van der Waals surface area contributed by atoms with Gasteiger partial charge < -0.3 is 4.90 Å². The molecule has 1 unspecified atom stereocenters. The molecule has 9 heavy (non-hydrogen) atoms. The topological polar surface area (TPSA) is 3.24 Å². The quantitative estimate of drug-likeness (QED) is 0.544. The van der Waals surface area contributed by atoms with Crippen molar-refractivity contribution in [1.29, 1.82) is 0 Å². The molecule has 1 aliphatic rings. The van der Waals surface area contributed by atoms with Crippen LogP contribution >= 0.6 is 0 Å². The fraction of sp³-hybridized carbons (Fsp3) is 0.875. The van der Waals surface area contributed by atoms with Crippen LogP contribution in [0.15, 0.2) is 0 Å². The summed E-state index contributed by atoms with van der Waals surface area (Å²) in [6.45, 7) is 5.15. The van der Waals surface area contributed by atoms with Crippen molar-refractivity contribution in [2.75, 3.05) is 13.6 Å². The molecule has 1 radical (unpaired) electrons. The first-order chi connectivity index (χ1) is 4.34. The van der Waals surface area contributed by atoms with Gasteiger partial charge in [0.15, 0.2) is 0 Å². The second-order valence-electron chi connectivity index (χ2n) is 2.92. The molecule has 0 aromatic carbocycles. The Bertz CT molecular complexity index is 80.6. The Morgan fingerprint density at radius 1 is 1.67 bits per heavy atom. The fourth-order valence-electron chi connectivity index (χ4n) is 1.58. The molecule has 1 atom stereocenters. The first-order valence-electron chi connectivity index (χ1n) is 3.84. The highest BCUT2D eigenvalue weighted by molar-refractivity contribution is 4.75. The molecule has 0 bridgehead atoms. The average molecular weight is 126 g/mol. The normalized spacial score (nSPS) is 29.3. The van der Waals surface area contributed by atoms with E-state index < -0.39 is 0 Å². The van der Waals surface area contributed by atoms with E-state index in [1.54, 1.807) is 0 Å². The molecule has 1 heterocycles. The van der Waals surface area contributed by atoms with Crippen molar-refractivity contribution in [3.05, 3.63) is 6.92 Å². The van der Waals surface area contributed by atoms with Gasteiger partial charge in [-0.2, -0.15) is 0 Å². The van der Waals surface area contributed by atoms with E-state index in [-0.39, 0.29) is 0 Å². The Morgan fingerprint density at radius 2 is 2.44 bits per heavy atom. The predicted octanol–water partition coefficient (Wildman–Crippen LogP) is 1.69. The molecule has 1 rings (SSSR count). The van der Waals surface area contributed by atoms with Gasteiger partial charge in [-0.15, -0.1) is 0 Å². The standard InChI is InChI=1S/C8H16N/c1-3-5-8-6-4-7-9(8)2/h8H,1,3-7H2,2H3. The first-order valence-corrected chi connectivity index (χ1v) is 3.84. The number of likely N-dealkylation sites (tertiary alicyclic amines) is 1. The number of nitrogens with zero attached hydrogens (tertiary/aromatic N) is 1. The minimum Gasteiger partial charge on any atom is -0.303 e. The van der Waals surface area contributed by atoms with Crippen LogP contribution < -0.4 is 0 Å². The molecule has 1 aliphatic heterocycles. The van der Waals surface area contributed by atoms with E-state index in [0.29, 0.717) is 0 Å². The lowest BCUT2D eigenvalue weighted by atomic mass is 10.1. The summed E-state index contributed by atoms with van der Waals surface area (Å²) in [5, 5.41) is 0. The molecular weight excluding hydrogens is 110 g/mol. The molecule has 53 valence electrons. The average Bonchev–Trinajstić information content (AvgIpc) is 2.18. The van der Waals surface area contributed by atoms with E-state index in [1.165, 1.54) is 25.8 Å². The van der Waals surface area contributed by atoms with Crippen molar-refractivity contribution in [2.45, 2.75) is 31.7 Å². The summed E-state index contributed by atoms with van der Waals surface area (Å²) < 4.78 is 0. The maximum atomic E-state index is 3.86. The third-order valence-electron chi connectivity index (χ3n) is 2.21. The summed E-state index contributed by atoms with van der Waals surface area (Å²) in [5.41, 5.74) is 0. The molecule has 1 saturated heterocycles. The van der Waals surface area contributed by atoms with Crippen LogP contribution in [-0.2, 0) is 0 Å². The van der Waals surface area contributed by atoms with Gasteiger partial charge in [0.05, 0.1) is 0 Å². The van der Waals surface area contributed by atoms with Crippen LogP contribution in [0.3, 0.4) is 0 Å². The molecule has 0 aromatic rings. The number of hydrogen-bond donors (Lipinski definition) is 0. The van der Waals surface area contributed by atoms with E-state index >= 15 is 0 Å². The monoisotopic (exact) mass is 126 g/mol. The van der Waals surface area contributed by atoms with Crippen molar-refractivity contribution in [3.63, 3.8) is 0 Å². The summed E-state index contributed by atoms with van der Waals surface area (Å²) in [5.74, 6) is 0. The largest absolute Gasteiger partial charge is 0.303 e. The Morgan fingerprint density at radius 3 is 2.89 bits per heavy atom. The van der Waals surface area contributed by atoms with Crippen molar-refractivity contribution >= 4 is 0 Å². The Kier molecular flexibility index (Phi) is 2.52. The molecule has 0 saturated carbocycles. The summed E-state index contributed by atoms with van der Waals surface area (Å²) in [4.78, 5) is 2.45. The summed E-state index contributed by atoms with van der Waals surface area (Å²) >= 11 is 0. The smallest absolute Gasteiger partial charge is 0.00926 e. The maximum Gasteiger partial charge on any atom is 0.00926 e. The van der Waals surface area contributed by atoms with E-state index in [4.69, 9.17) is 0 Å². The zero-order valence-corrected chi connectivity index (χ0v) is 6.27.